The van der Waals surface area contributed by atoms with Crippen LogP contribution in [0.4, 0.5) is 17.1 Å². The summed E-state index contributed by atoms with van der Waals surface area (Å²) in [4.78, 5) is -0.180. The molecule has 0 aromatic heterocycles. The highest BCUT2D eigenvalue weighted by Gasteiger charge is 2.08. The number of anilines is 1. The summed E-state index contributed by atoms with van der Waals surface area (Å²) < 4.78 is 30.7. The minimum absolute atomic E-state index is 0.180. The van der Waals surface area contributed by atoms with Gasteiger partial charge in [0, 0.05) is 5.69 Å². The number of azo groups is 1. The van der Waals surface area contributed by atoms with Crippen LogP contribution in [0.3, 0.4) is 0 Å². The van der Waals surface area contributed by atoms with Crippen molar-refractivity contribution in [1.82, 2.24) is 0 Å². The lowest BCUT2D eigenvalue weighted by atomic mass is 10.1. The van der Waals surface area contributed by atoms with Crippen LogP contribution in [-0.2, 0) is 10.1 Å². The van der Waals surface area contributed by atoms with E-state index in [1.54, 1.807) is 0 Å². The number of aryl methyl sites for hydroxylation is 2. The van der Waals surface area contributed by atoms with E-state index in [1.165, 1.54) is 24.3 Å². The SMILES string of the molecule is Cc1cc(/N=N/c2ccc(S(=O)(=O)O)cc2)c(C)cc1N. The standard InChI is InChI=1S/C14H15N3O3S/c1-9-8-14(10(2)7-13(9)15)17-16-11-3-5-12(6-4-11)21(18,19)20/h3-8H,15H2,1-2H3,(H,18,19,20)/b17-16+. The molecule has 3 N–H and O–H groups in total. The molecule has 0 aliphatic heterocycles. The lowest BCUT2D eigenvalue weighted by molar-refractivity contribution is 0.483. The van der Waals surface area contributed by atoms with Gasteiger partial charge in [0.2, 0.25) is 0 Å². The molecule has 21 heavy (non-hydrogen) atoms. The maximum absolute atomic E-state index is 10.9. The van der Waals surface area contributed by atoms with Gasteiger partial charge in [0.1, 0.15) is 0 Å². The van der Waals surface area contributed by atoms with Crippen molar-refractivity contribution in [2.24, 2.45) is 10.2 Å². The van der Waals surface area contributed by atoms with Crippen LogP contribution in [0.25, 0.3) is 0 Å². The molecule has 0 spiro atoms. The van der Waals surface area contributed by atoms with Crippen molar-refractivity contribution < 1.29 is 13.0 Å². The highest BCUT2D eigenvalue weighted by Crippen LogP contribution is 2.26. The highest BCUT2D eigenvalue weighted by atomic mass is 32.2. The van der Waals surface area contributed by atoms with Crippen LogP contribution in [0.1, 0.15) is 11.1 Å². The molecular formula is C14H15N3O3S. The Balaban J connectivity index is 2.28. The number of hydrogen-bond donors (Lipinski definition) is 2. The summed E-state index contributed by atoms with van der Waals surface area (Å²) >= 11 is 0. The molecule has 0 heterocycles. The summed E-state index contributed by atoms with van der Waals surface area (Å²) in [6.45, 7) is 3.76. The zero-order valence-corrected chi connectivity index (χ0v) is 12.4. The normalized spacial score (nSPS) is 12.0. The Morgan fingerprint density at radius 1 is 1.00 bits per heavy atom. The van der Waals surface area contributed by atoms with Gasteiger partial charge in [-0.05, 0) is 61.4 Å². The predicted molar refractivity (Wildman–Crippen MR) is 80.8 cm³/mol. The lowest BCUT2D eigenvalue weighted by Gasteiger charge is -2.04. The predicted octanol–water partition coefficient (Wildman–Crippen LogP) is 3.55. The molecule has 2 aromatic carbocycles. The second-order valence-electron chi connectivity index (χ2n) is 4.66. The van der Waals surface area contributed by atoms with Gasteiger partial charge in [0.25, 0.3) is 10.1 Å². The minimum atomic E-state index is -4.19. The molecule has 0 fully saturated rings. The Bertz CT molecular complexity index is 797. The quantitative estimate of drug-likeness (QED) is 0.514. The first-order valence-corrected chi connectivity index (χ1v) is 7.57. The summed E-state index contributed by atoms with van der Waals surface area (Å²) in [6.07, 6.45) is 0. The van der Waals surface area contributed by atoms with Gasteiger partial charge in [-0.25, -0.2) is 0 Å². The average molecular weight is 305 g/mol. The summed E-state index contributed by atoms with van der Waals surface area (Å²) in [5.41, 5.74) is 9.49. The van der Waals surface area contributed by atoms with Crippen molar-refractivity contribution >= 4 is 27.2 Å². The van der Waals surface area contributed by atoms with Gasteiger partial charge in [-0.15, -0.1) is 0 Å². The summed E-state index contributed by atoms with van der Waals surface area (Å²) in [5.74, 6) is 0. The fraction of sp³-hybridized carbons (Fsp3) is 0.143. The topological polar surface area (TPSA) is 105 Å². The molecule has 6 nitrogen and oxygen atoms in total. The minimum Gasteiger partial charge on any atom is -0.399 e. The fourth-order valence-corrected chi connectivity index (χ4v) is 2.21. The molecule has 0 aliphatic rings. The Hall–Kier alpha value is -2.25. The number of hydrogen-bond acceptors (Lipinski definition) is 5. The molecule has 2 rings (SSSR count). The molecule has 0 aliphatic carbocycles. The van der Waals surface area contributed by atoms with Crippen molar-refractivity contribution in [3.8, 4) is 0 Å². The zero-order valence-electron chi connectivity index (χ0n) is 11.6. The Morgan fingerprint density at radius 3 is 2.19 bits per heavy atom. The third-order valence-corrected chi connectivity index (χ3v) is 3.86. The van der Waals surface area contributed by atoms with Crippen LogP contribution in [0.2, 0.25) is 0 Å². The maximum atomic E-state index is 10.9. The fourth-order valence-electron chi connectivity index (χ4n) is 1.73. The monoisotopic (exact) mass is 305 g/mol. The van der Waals surface area contributed by atoms with Gasteiger partial charge in [-0.3, -0.25) is 4.55 Å². The van der Waals surface area contributed by atoms with E-state index in [-0.39, 0.29) is 4.90 Å². The van der Waals surface area contributed by atoms with Crippen LogP contribution in [0.15, 0.2) is 51.5 Å². The largest absolute Gasteiger partial charge is 0.399 e. The third-order valence-electron chi connectivity index (χ3n) is 2.99. The van der Waals surface area contributed by atoms with Crippen LogP contribution < -0.4 is 5.73 Å². The molecule has 0 atom stereocenters. The maximum Gasteiger partial charge on any atom is 0.294 e. The highest BCUT2D eigenvalue weighted by molar-refractivity contribution is 7.85. The van der Waals surface area contributed by atoms with Crippen molar-refractivity contribution in [2.45, 2.75) is 18.7 Å². The van der Waals surface area contributed by atoms with Crippen molar-refractivity contribution in [1.29, 1.82) is 0 Å². The number of benzene rings is 2. The van der Waals surface area contributed by atoms with Crippen molar-refractivity contribution in [3.63, 3.8) is 0 Å². The number of rotatable bonds is 3. The van der Waals surface area contributed by atoms with E-state index in [2.05, 4.69) is 10.2 Å². The second-order valence-corrected chi connectivity index (χ2v) is 6.09. The molecule has 0 unspecified atom stereocenters. The van der Waals surface area contributed by atoms with Crippen molar-refractivity contribution in [2.75, 3.05) is 5.73 Å². The van der Waals surface area contributed by atoms with E-state index in [4.69, 9.17) is 10.3 Å². The Kier molecular flexibility index (Phi) is 4.06. The van der Waals surface area contributed by atoms with E-state index in [9.17, 15) is 8.42 Å². The summed E-state index contributed by atoms with van der Waals surface area (Å²) in [7, 11) is -4.19. The van der Waals surface area contributed by atoms with E-state index in [0.717, 1.165) is 11.1 Å². The molecule has 2 aromatic rings. The molecule has 0 radical (unpaired) electrons. The molecule has 0 amide bonds. The first-order valence-electron chi connectivity index (χ1n) is 6.13. The van der Waals surface area contributed by atoms with Gasteiger partial charge in [-0.1, -0.05) is 0 Å². The van der Waals surface area contributed by atoms with Gasteiger partial charge in [-0.2, -0.15) is 18.6 Å². The van der Waals surface area contributed by atoms with Gasteiger partial charge < -0.3 is 5.73 Å². The number of nitrogens with zero attached hydrogens (tertiary/aromatic N) is 2. The summed E-state index contributed by atoms with van der Waals surface area (Å²) in [5, 5.41) is 8.17. The van der Waals surface area contributed by atoms with Gasteiger partial charge in [0.05, 0.1) is 16.3 Å². The van der Waals surface area contributed by atoms with Crippen LogP contribution >= 0.6 is 0 Å². The Morgan fingerprint density at radius 2 is 1.62 bits per heavy atom. The molecule has 0 bridgehead atoms. The van der Waals surface area contributed by atoms with Crippen LogP contribution in [0, 0.1) is 13.8 Å². The van der Waals surface area contributed by atoms with E-state index in [0.29, 0.717) is 17.1 Å². The second kappa shape index (κ2) is 5.63. The molecule has 0 saturated heterocycles. The number of nitrogens with two attached hydrogens (primary N) is 1. The van der Waals surface area contributed by atoms with Crippen LogP contribution in [-0.4, -0.2) is 13.0 Å². The number of nitrogen functional groups attached to an aromatic ring is 1. The molecule has 0 saturated carbocycles. The van der Waals surface area contributed by atoms with Gasteiger partial charge in [0.15, 0.2) is 0 Å². The first-order chi connectivity index (χ1) is 9.77. The molecule has 7 heteroatoms. The zero-order chi connectivity index (χ0) is 15.6. The van der Waals surface area contributed by atoms with E-state index < -0.39 is 10.1 Å². The first kappa shape index (κ1) is 15.1. The third kappa shape index (κ3) is 3.65. The van der Waals surface area contributed by atoms with Gasteiger partial charge >= 0.3 is 0 Å². The summed E-state index contributed by atoms with van der Waals surface area (Å²) in [6, 6.07) is 9.12. The average Bonchev–Trinajstić information content (AvgIpc) is 2.41. The van der Waals surface area contributed by atoms with E-state index in [1.807, 2.05) is 26.0 Å². The molecule has 110 valence electrons. The van der Waals surface area contributed by atoms with Crippen LogP contribution in [0.5, 0.6) is 0 Å². The van der Waals surface area contributed by atoms with E-state index >= 15 is 0 Å². The molecular weight excluding hydrogens is 290 g/mol. The lowest BCUT2D eigenvalue weighted by Crippen LogP contribution is -1.96. The smallest absolute Gasteiger partial charge is 0.294 e. The van der Waals surface area contributed by atoms with Crippen molar-refractivity contribution in [3.05, 3.63) is 47.5 Å². The Labute approximate surface area is 123 Å².